The third-order valence-corrected chi connectivity index (χ3v) is 4.13. The summed E-state index contributed by atoms with van der Waals surface area (Å²) in [4.78, 5) is 12.3. The normalized spacial score (nSPS) is 14.7. The van der Waals surface area contributed by atoms with Crippen LogP contribution in [-0.2, 0) is 0 Å². The van der Waals surface area contributed by atoms with E-state index in [0.29, 0.717) is 10.1 Å². The summed E-state index contributed by atoms with van der Waals surface area (Å²) >= 11 is 12.0. The Morgan fingerprint density at radius 2 is 1.55 bits per heavy atom. The molecular weight excluding hydrogens is 291 g/mol. The van der Waals surface area contributed by atoms with Gasteiger partial charge in [0.25, 0.3) is 0 Å². The smallest absolute Gasteiger partial charge is 0.188 e. The van der Waals surface area contributed by atoms with Gasteiger partial charge in [0.1, 0.15) is 0 Å². The van der Waals surface area contributed by atoms with E-state index in [1.807, 2.05) is 36.4 Å². The number of fused-ring (bicyclic) bond motifs is 5. The second kappa shape index (κ2) is 4.08. The molecule has 1 nitrogen and oxygen atoms in total. The molecule has 2 aromatic rings. The van der Waals surface area contributed by atoms with Gasteiger partial charge in [0, 0.05) is 27.3 Å². The molecule has 0 fully saturated rings. The molecule has 2 aromatic carbocycles. The number of allylic oxidation sites excluding steroid dienone is 2. The predicted molar refractivity (Wildman–Crippen MR) is 82.4 cm³/mol. The van der Waals surface area contributed by atoms with Crippen LogP contribution in [0.15, 0.2) is 41.4 Å². The van der Waals surface area contributed by atoms with E-state index in [9.17, 15) is 4.79 Å². The van der Waals surface area contributed by atoms with E-state index in [1.54, 1.807) is 0 Å². The standard InChI is InChI=1S/C17H8Cl2O/c18-12-3-4-14-11(7-12)5-9-1-2-10-6-13(19)8-15(20)17(10)16(9)14/h1-8H. The molecule has 2 aliphatic rings. The first kappa shape index (κ1) is 12.0. The van der Waals surface area contributed by atoms with Gasteiger partial charge in [0.2, 0.25) is 0 Å². The Bertz CT molecular complexity index is 936. The second-order valence-electron chi connectivity index (χ2n) is 4.91. The van der Waals surface area contributed by atoms with Crippen LogP contribution < -0.4 is 10.4 Å². The van der Waals surface area contributed by atoms with Crippen LogP contribution in [0.1, 0.15) is 15.9 Å². The Kier molecular flexibility index (Phi) is 2.44. The second-order valence-corrected chi connectivity index (χ2v) is 5.78. The highest BCUT2D eigenvalue weighted by atomic mass is 35.5. The van der Waals surface area contributed by atoms with Crippen LogP contribution in [0, 0.1) is 0 Å². The van der Waals surface area contributed by atoms with E-state index in [4.69, 9.17) is 23.2 Å². The average molecular weight is 299 g/mol. The largest absolute Gasteiger partial charge is 0.289 e. The number of hydrogen-bond acceptors (Lipinski definition) is 1. The minimum atomic E-state index is -0.0412. The van der Waals surface area contributed by atoms with Crippen molar-refractivity contribution in [2.24, 2.45) is 0 Å². The van der Waals surface area contributed by atoms with Crippen molar-refractivity contribution in [3.63, 3.8) is 0 Å². The fourth-order valence-corrected chi connectivity index (χ4v) is 3.26. The molecule has 20 heavy (non-hydrogen) atoms. The minimum absolute atomic E-state index is 0.0412. The maximum Gasteiger partial charge on any atom is 0.188 e. The molecule has 0 heterocycles. The fourth-order valence-electron chi connectivity index (χ4n) is 2.87. The summed E-state index contributed by atoms with van der Waals surface area (Å²) in [6, 6.07) is 9.69. The first-order chi connectivity index (χ1) is 9.63. The van der Waals surface area contributed by atoms with Crippen molar-refractivity contribution in [1.82, 2.24) is 0 Å². The Hall–Kier alpha value is -1.83. The Labute approximate surface area is 125 Å². The van der Waals surface area contributed by atoms with E-state index in [-0.39, 0.29) is 5.78 Å². The third kappa shape index (κ3) is 1.60. The summed E-state index contributed by atoms with van der Waals surface area (Å²) in [6.45, 7) is 0. The summed E-state index contributed by atoms with van der Waals surface area (Å²) in [7, 11) is 0. The summed E-state index contributed by atoms with van der Waals surface area (Å²) in [6.07, 6.45) is 5.36. The van der Waals surface area contributed by atoms with Crippen molar-refractivity contribution in [2.45, 2.75) is 0 Å². The van der Waals surface area contributed by atoms with Gasteiger partial charge in [-0.15, -0.1) is 0 Å². The number of halogens is 2. The van der Waals surface area contributed by atoms with Gasteiger partial charge in [-0.25, -0.2) is 0 Å². The number of hydrogen-bond donors (Lipinski definition) is 0. The van der Waals surface area contributed by atoms with Crippen LogP contribution in [0.3, 0.4) is 0 Å². The zero-order chi connectivity index (χ0) is 13.9. The van der Waals surface area contributed by atoms with E-state index < -0.39 is 0 Å². The minimum Gasteiger partial charge on any atom is -0.289 e. The van der Waals surface area contributed by atoms with Crippen molar-refractivity contribution < 1.29 is 4.79 Å². The molecule has 0 amide bonds. The Balaban J connectivity index is 2.13. The van der Waals surface area contributed by atoms with Gasteiger partial charge < -0.3 is 0 Å². The molecule has 3 heteroatoms. The number of rotatable bonds is 0. The lowest BCUT2D eigenvalue weighted by molar-refractivity contribution is 0.104. The predicted octanol–water partition coefficient (Wildman–Crippen LogP) is 3.25. The average Bonchev–Trinajstić information content (AvgIpc) is 2.75. The van der Waals surface area contributed by atoms with E-state index in [0.717, 1.165) is 32.7 Å². The summed E-state index contributed by atoms with van der Waals surface area (Å²) in [5.41, 5.74) is 3.81. The molecule has 4 rings (SSSR count). The molecule has 0 unspecified atom stereocenters. The number of ketones is 1. The highest BCUT2D eigenvalue weighted by Crippen LogP contribution is 2.31. The lowest BCUT2D eigenvalue weighted by atomic mass is 9.93. The van der Waals surface area contributed by atoms with Gasteiger partial charge in [-0.3, -0.25) is 4.79 Å². The Morgan fingerprint density at radius 3 is 2.35 bits per heavy atom. The molecular formula is C17H8Cl2O. The van der Waals surface area contributed by atoms with E-state index in [2.05, 4.69) is 6.08 Å². The van der Waals surface area contributed by atoms with Crippen LogP contribution in [0.4, 0.5) is 0 Å². The molecule has 0 aromatic heterocycles. The molecule has 0 saturated carbocycles. The summed E-state index contributed by atoms with van der Waals surface area (Å²) in [5, 5.41) is 3.09. The van der Waals surface area contributed by atoms with Crippen molar-refractivity contribution in [1.29, 1.82) is 0 Å². The highest BCUT2D eigenvalue weighted by Gasteiger charge is 2.22. The molecule has 0 bridgehead atoms. The first-order valence-electron chi connectivity index (χ1n) is 6.21. The van der Waals surface area contributed by atoms with Crippen molar-refractivity contribution in [3.8, 4) is 11.1 Å². The molecule has 0 saturated heterocycles. The first-order valence-corrected chi connectivity index (χ1v) is 6.97. The molecule has 0 N–H and O–H groups in total. The zero-order valence-corrected chi connectivity index (χ0v) is 11.8. The van der Waals surface area contributed by atoms with Gasteiger partial charge in [-0.1, -0.05) is 41.4 Å². The number of carbonyl (C=O) groups excluding carboxylic acids is 1. The monoisotopic (exact) mass is 298 g/mol. The van der Waals surface area contributed by atoms with Gasteiger partial charge >= 0.3 is 0 Å². The number of carbonyl (C=O) groups is 1. The maximum atomic E-state index is 12.3. The van der Waals surface area contributed by atoms with Gasteiger partial charge in [-0.05, 0) is 45.8 Å². The van der Waals surface area contributed by atoms with E-state index >= 15 is 0 Å². The Morgan fingerprint density at radius 1 is 0.800 bits per heavy atom. The van der Waals surface area contributed by atoms with Crippen molar-refractivity contribution >= 4 is 41.1 Å². The van der Waals surface area contributed by atoms with Crippen LogP contribution >= 0.6 is 23.2 Å². The lowest BCUT2D eigenvalue weighted by Crippen LogP contribution is -2.23. The number of benzene rings is 2. The van der Waals surface area contributed by atoms with E-state index in [1.165, 1.54) is 6.08 Å². The molecule has 0 spiro atoms. The third-order valence-electron chi connectivity index (χ3n) is 3.67. The van der Waals surface area contributed by atoms with Crippen LogP contribution in [0.5, 0.6) is 0 Å². The van der Waals surface area contributed by atoms with Gasteiger partial charge in [0.05, 0.1) is 0 Å². The van der Waals surface area contributed by atoms with Crippen LogP contribution in [0.2, 0.25) is 5.02 Å². The zero-order valence-electron chi connectivity index (χ0n) is 10.3. The van der Waals surface area contributed by atoms with Crippen molar-refractivity contribution in [3.05, 3.63) is 68.0 Å². The maximum absolute atomic E-state index is 12.3. The molecule has 0 radical (unpaired) electrons. The van der Waals surface area contributed by atoms with Gasteiger partial charge in [-0.2, -0.15) is 0 Å². The molecule has 0 aliphatic heterocycles. The SMILES string of the molecule is O=C1C=C(Cl)C=c2ccc3c(c21)-c1ccc(Cl)cc1C=3. The summed E-state index contributed by atoms with van der Waals surface area (Å²) < 4.78 is 0. The van der Waals surface area contributed by atoms with Crippen LogP contribution in [0.25, 0.3) is 23.3 Å². The highest BCUT2D eigenvalue weighted by molar-refractivity contribution is 6.37. The van der Waals surface area contributed by atoms with Crippen LogP contribution in [-0.4, -0.2) is 5.78 Å². The summed E-state index contributed by atoms with van der Waals surface area (Å²) in [5.74, 6) is -0.0412. The lowest BCUT2D eigenvalue weighted by Gasteiger charge is -2.11. The fraction of sp³-hybridized carbons (Fsp3) is 0. The molecule has 96 valence electrons. The van der Waals surface area contributed by atoms with Gasteiger partial charge in [0.15, 0.2) is 5.78 Å². The molecule has 2 aliphatic carbocycles. The molecule has 0 atom stereocenters. The topological polar surface area (TPSA) is 17.1 Å². The van der Waals surface area contributed by atoms with Crippen molar-refractivity contribution in [2.75, 3.05) is 0 Å². The quantitative estimate of drug-likeness (QED) is 0.623.